The number of fused-ring (bicyclic) bond motifs is 1. The van der Waals surface area contributed by atoms with Gasteiger partial charge in [-0.05, 0) is 34.1 Å². The average Bonchev–Trinajstić information content (AvgIpc) is 2.23. The van der Waals surface area contributed by atoms with Crippen molar-refractivity contribution in [1.29, 1.82) is 0 Å². The van der Waals surface area contributed by atoms with E-state index in [0.29, 0.717) is 15.4 Å². The molecule has 0 unspecified atom stereocenters. The molecule has 0 fully saturated rings. The lowest BCUT2D eigenvalue weighted by atomic mass is 10.1. The Morgan fingerprint density at radius 1 is 1.40 bits per heavy atom. The number of phenols is 1. The lowest BCUT2D eigenvalue weighted by Gasteiger charge is -2.03. The van der Waals surface area contributed by atoms with E-state index in [0.717, 1.165) is 0 Å². The van der Waals surface area contributed by atoms with Crippen LogP contribution in [0.3, 0.4) is 0 Å². The fourth-order valence-electron chi connectivity index (χ4n) is 1.27. The van der Waals surface area contributed by atoms with E-state index in [1.807, 2.05) is 0 Å². The van der Waals surface area contributed by atoms with Crippen molar-refractivity contribution in [3.05, 3.63) is 34.4 Å². The second-order valence-corrected chi connectivity index (χ2v) is 3.79. The minimum absolute atomic E-state index is 0.0619. The summed E-state index contributed by atoms with van der Waals surface area (Å²) in [6.45, 7) is 0. The fraction of sp³-hybridized carbons (Fsp3) is 0. The molecule has 4 nitrogen and oxygen atoms in total. The van der Waals surface area contributed by atoms with Gasteiger partial charge >= 0.3 is 5.97 Å². The molecule has 15 heavy (non-hydrogen) atoms. The molecule has 0 atom stereocenters. The fourth-order valence-corrected chi connectivity index (χ4v) is 1.72. The highest BCUT2D eigenvalue weighted by atomic mass is 79.9. The van der Waals surface area contributed by atoms with Gasteiger partial charge in [-0.15, -0.1) is 0 Å². The predicted octanol–water partition coefficient (Wildman–Crippen LogP) is 2.40. The summed E-state index contributed by atoms with van der Waals surface area (Å²) >= 11 is 3.18. The van der Waals surface area contributed by atoms with E-state index < -0.39 is 5.97 Å². The largest absolute Gasteiger partial charge is 0.507 e. The molecule has 0 bridgehead atoms. The molecular weight excluding hydrogens is 262 g/mol. The smallest absolute Gasteiger partial charge is 0.337 e. The quantitative estimate of drug-likeness (QED) is 0.833. The van der Waals surface area contributed by atoms with Crippen molar-refractivity contribution in [1.82, 2.24) is 4.98 Å². The van der Waals surface area contributed by atoms with Crippen LogP contribution in [0, 0.1) is 0 Å². The Labute approximate surface area is 93.3 Å². The van der Waals surface area contributed by atoms with Crippen LogP contribution in [-0.4, -0.2) is 21.2 Å². The van der Waals surface area contributed by atoms with E-state index >= 15 is 0 Å². The van der Waals surface area contributed by atoms with Gasteiger partial charge in [0.2, 0.25) is 0 Å². The lowest BCUT2D eigenvalue weighted by molar-refractivity contribution is 0.0696. The third-order valence-corrected chi connectivity index (χ3v) is 2.86. The molecule has 0 aliphatic carbocycles. The number of benzene rings is 1. The second kappa shape index (κ2) is 3.51. The van der Waals surface area contributed by atoms with Gasteiger partial charge < -0.3 is 10.2 Å². The summed E-state index contributed by atoms with van der Waals surface area (Å²) in [5, 5.41) is 18.8. The molecule has 76 valence electrons. The number of carbonyl (C=O) groups is 1. The number of carboxylic acids is 1. The van der Waals surface area contributed by atoms with Gasteiger partial charge in [-0.2, -0.15) is 0 Å². The van der Waals surface area contributed by atoms with Crippen molar-refractivity contribution >= 4 is 32.8 Å². The molecule has 0 saturated carbocycles. The summed E-state index contributed by atoms with van der Waals surface area (Å²) in [6, 6.07) is 4.59. The molecule has 2 rings (SSSR count). The monoisotopic (exact) mass is 267 g/mol. The van der Waals surface area contributed by atoms with E-state index in [1.54, 1.807) is 6.07 Å². The van der Waals surface area contributed by atoms with E-state index in [-0.39, 0.29) is 11.3 Å². The topological polar surface area (TPSA) is 70.4 Å². The van der Waals surface area contributed by atoms with Gasteiger partial charge in [-0.1, -0.05) is 0 Å². The summed E-state index contributed by atoms with van der Waals surface area (Å²) in [4.78, 5) is 14.7. The Hall–Kier alpha value is -1.62. The van der Waals surface area contributed by atoms with Crippen molar-refractivity contribution in [2.24, 2.45) is 0 Å². The molecule has 0 spiro atoms. The summed E-state index contributed by atoms with van der Waals surface area (Å²) in [7, 11) is 0. The van der Waals surface area contributed by atoms with Gasteiger partial charge in [0.1, 0.15) is 5.75 Å². The standard InChI is InChI=1S/C10H6BrNO3/c11-9-6-3-5(10(14)15)4-12-7(6)1-2-8(9)13/h1-4,13H,(H,14,15). The Balaban J connectivity index is 2.79. The van der Waals surface area contributed by atoms with Crippen LogP contribution in [0.25, 0.3) is 10.9 Å². The van der Waals surface area contributed by atoms with Crippen LogP contribution in [0.1, 0.15) is 10.4 Å². The molecule has 2 N–H and O–H groups in total. The number of nitrogens with zero attached hydrogens (tertiary/aromatic N) is 1. The molecule has 5 heteroatoms. The predicted molar refractivity (Wildman–Crippen MR) is 58.1 cm³/mol. The molecule has 2 aromatic rings. The number of rotatable bonds is 1. The molecule has 0 aliphatic rings. The Kier molecular flexibility index (Phi) is 2.32. The maximum atomic E-state index is 10.7. The van der Waals surface area contributed by atoms with Crippen molar-refractivity contribution in [3.8, 4) is 5.75 Å². The van der Waals surface area contributed by atoms with E-state index in [9.17, 15) is 9.90 Å². The normalized spacial score (nSPS) is 10.5. The average molecular weight is 268 g/mol. The zero-order valence-corrected chi connectivity index (χ0v) is 9.02. The molecular formula is C10H6BrNO3. The van der Waals surface area contributed by atoms with Crippen LogP contribution in [-0.2, 0) is 0 Å². The first-order valence-corrected chi connectivity index (χ1v) is 4.89. The highest BCUT2D eigenvalue weighted by molar-refractivity contribution is 9.10. The van der Waals surface area contributed by atoms with Gasteiger partial charge in [0.05, 0.1) is 15.6 Å². The van der Waals surface area contributed by atoms with Crippen molar-refractivity contribution < 1.29 is 15.0 Å². The van der Waals surface area contributed by atoms with Gasteiger partial charge in [0.15, 0.2) is 0 Å². The summed E-state index contributed by atoms with van der Waals surface area (Å²) in [6.07, 6.45) is 1.29. The van der Waals surface area contributed by atoms with E-state index in [1.165, 1.54) is 18.3 Å². The van der Waals surface area contributed by atoms with Crippen LogP contribution >= 0.6 is 15.9 Å². The first kappa shape index (κ1) is 9.92. The van der Waals surface area contributed by atoms with Gasteiger partial charge in [0.25, 0.3) is 0 Å². The maximum Gasteiger partial charge on any atom is 0.337 e. The van der Waals surface area contributed by atoms with Crippen LogP contribution < -0.4 is 0 Å². The van der Waals surface area contributed by atoms with Crippen molar-refractivity contribution in [2.45, 2.75) is 0 Å². The molecule has 1 heterocycles. The molecule has 0 saturated heterocycles. The van der Waals surface area contributed by atoms with Crippen LogP contribution in [0.4, 0.5) is 0 Å². The van der Waals surface area contributed by atoms with Crippen LogP contribution in [0.5, 0.6) is 5.75 Å². The number of hydrogen-bond donors (Lipinski definition) is 2. The van der Waals surface area contributed by atoms with Gasteiger partial charge in [-0.3, -0.25) is 4.98 Å². The number of phenolic OH excluding ortho intramolecular Hbond substituents is 1. The molecule has 0 radical (unpaired) electrons. The summed E-state index contributed by atoms with van der Waals surface area (Å²) in [5.74, 6) is -0.980. The zero-order chi connectivity index (χ0) is 11.0. The highest BCUT2D eigenvalue weighted by Gasteiger charge is 2.09. The first-order valence-electron chi connectivity index (χ1n) is 4.10. The summed E-state index contributed by atoms with van der Waals surface area (Å²) < 4.78 is 0.454. The Morgan fingerprint density at radius 2 is 2.13 bits per heavy atom. The highest BCUT2D eigenvalue weighted by Crippen LogP contribution is 2.31. The zero-order valence-electron chi connectivity index (χ0n) is 7.44. The number of aromatic nitrogens is 1. The SMILES string of the molecule is O=C(O)c1cnc2ccc(O)c(Br)c2c1. The number of hydrogen-bond acceptors (Lipinski definition) is 3. The number of carboxylic acid groups (broad SMARTS) is 1. The lowest BCUT2D eigenvalue weighted by Crippen LogP contribution is -1.97. The number of halogens is 1. The third kappa shape index (κ3) is 1.66. The Morgan fingerprint density at radius 3 is 2.80 bits per heavy atom. The first-order chi connectivity index (χ1) is 7.09. The number of aromatic hydroxyl groups is 1. The number of pyridine rings is 1. The molecule has 0 amide bonds. The maximum absolute atomic E-state index is 10.7. The molecule has 1 aromatic heterocycles. The Bertz CT molecular complexity index is 554. The summed E-state index contributed by atoms with van der Waals surface area (Å²) in [5.41, 5.74) is 0.721. The second-order valence-electron chi connectivity index (χ2n) is 2.99. The molecule has 0 aliphatic heterocycles. The van der Waals surface area contributed by atoms with Crippen molar-refractivity contribution in [3.63, 3.8) is 0 Å². The minimum atomic E-state index is -1.04. The minimum Gasteiger partial charge on any atom is -0.507 e. The molecule has 1 aromatic carbocycles. The van der Waals surface area contributed by atoms with Crippen LogP contribution in [0.2, 0.25) is 0 Å². The third-order valence-electron chi connectivity index (χ3n) is 2.03. The van der Waals surface area contributed by atoms with E-state index in [2.05, 4.69) is 20.9 Å². The van der Waals surface area contributed by atoms with Gasteiger partial charge in [0, 0.05) is 11.6 Å². The van der Waals surface area contributed by atoms with Gasteiger partial charge in [-0.25, -0.2) is 4.79 Å². The van der Waals surface area contributed by atoms with E-state index in [4.69, 9.17) is 5.11 Å². The van der Waals surface area contributed by atoms with Crippen LogP contribution in [0.15, 0.2) is 28.9 Å². The number of aromatic carboxylic acids is 1. The van der Waals surface area contributed by atoms with Crippen molar-refractivity contribution in [2.75, 3.05) is 0 Å².